The standard InChI is InChI=1S/C19H21N3O2S2/c1-4-8-20-15(23)11-25-19-21-17-16(18(24)22(19)9-5-2)13-7-6-12(3)10-14(13)26-17/h1,5,12H,2,6-11H2,3H3,(H,20,23)/t12-/m0/s1. The number of aromatic nitrogens is 2. The Bertz CT molecular complexity index is 952. The fraction of sp³-hybridized carbons (Fsp3) is 0.421. The van der Waals surface area contributed by atoms with Crippen LogP contribution in [0.25, 0.3) is 10.2 Å². The third kappa shape index (κ3) is 3.71. The Morgan fingerprint density at radius 2 is 2.42 bits per heavy atom. The quantitative estimate of drug-likeness (QED) is 0.358. The van der Waals surface area contributed by atoms with Gasteiger partial charge in [-0.2, -0.15) is 0 Å². The summed E-state index contributed by atoms with van der Waals surface area (Å²) in [4.78, 5) is 31.7. The summed E-state index contributed by atoms with van der Waals surface area (Å²) < 4.78 is 1.61. The zero-order chi connectivity index (χ0) is 18.7. The summed E-state index contributed by atoms with van der Waals surface area (Å²) >= 11 is 2.87. The van der Waals surface area contributed by atoms with Crippen LogP contribution >= 0.6 is 23.1 Å². The summed E-state index contributed by atoms with van der Waals surface area (Å²) in [6.45, 7) is 6.55. The number of nitrogens with one attached hydrogen (secondary N) is 1. The van der Waals surface area contributed by atoms with E-state index in [1.54, 1.807) is 22.0 Å². The normalized spacial score (nSPS) is 16.1. The van der Waals surface area contributed by atoms with Crippen LogP contribution in [0.5, 0.6) is 0 Å². The van der Waals surface area contributed by atoms with Crippen LogP contribution in [-0.2, 0) is 24.2 Å². The fourth-order valence-electron chi connectivity index (χ4n) is 3.14. The Morgan fingerprint density at radius 3 is 3.15 bits per heavy atom. The summed E-state index contributed by atoms with van der Waals surface area (Å²) in [5.41, 5.74) is 1.13. The highest BCUT2D eigenvalue weighted by Gasteiger charge is 2.24. The SMILES string of the molecule is C#CCNC(=O)CSc1nc2sc3c(c2c(=O)n1CC=C)CC[C@H](C)C3. The number of rotatable bonds is 6. The number of terminal acetylenes is 1. The highest BCUT2D eigenvalue weighted by molar-refractivity contribution is 7.99. The summed E-state index contributed by atoms with van der Waals surface area (Å²) in [5.74, 6) is 3.00. The maximum absolute atomic E-state index is 13.1. The van der Waals surface area contributed by atoms with Gasteiger partial charge in [-0.15, -0.1) is 24.3 Å². The van der Waals surface area contributed by atoms with Gasteiger partial charge >= 0.3 is 0 Å². The van der Waals surface area contributed by atoms with E-state index in [2.05, 4.69) is 24.7 Å². The molecule has 0 aromatic carbocycles. The Morgan fingerprint density at radius 1 is 1.62 bits per heavy atom. The Kier molecular flexibility index (Phi) is 5.84. The molecule has 0 spiro atoms. The second-order valence-corrected chi connectivity index (χ2v) is 8.43. The summed E-state index contributed by atoms with van der Waals surface area (Å²) in [6, 6.07) is 0. The number of carbonyl (C=O) groups excluding carboxylic acids is 1. The zero-order valence-electron chi connectivity index (χ0n) is 14.7. The lowest BCUT2D eigenvalue weighted by Crippen LogP contribution is -2.27. The average Bonchev–Trinajstić information content (AvgIpc) is 2.98. The van der Waals surface area contributed by atoms with E-state index in [0.717, 1.165) is 29.5 Å². The minimum absolute atomic E-state index is 0.0338. The fourth-order valence-corrected chi connectivity index (χ4v) is 5.40. The lowest BCUT2D eigenvalue weighted by molar-refractivity contribution is -0.118. The molecule has 1 aliphatic rings. The van der Waals surface area contributed by atoms with Crippen molar-refractivity contribution in [1.82, 2.24) is 14.9 Å². The first-order valence-corrected chi connectivity index (χ1v) is 10.3. The summed E-state index contributed by atoms with van der Waals surface area (Å²) in [5, 5.41) is 3.92. The monoisotopic (exact) mass is 387 g/mol. The second kappa shape index (κ2) is 8.11. The molecular weight excluding hydrogens is 366 g/mol. The molecule has 26 heavy (non-hydrogen) atoms. The lowest BCUT2D eigenvalue weighted by Gasteiger charge is -2.17. The van der Waals surface area contributed by atoms with Gasteiger partial charge in [0.1, 0.15) is 4.83 Å². The van der Waals surface area contributed by atoms with Crippen molar-refractivity contribution < 1.29 is 4.79 Å². The van der Waals surface area contributed by atoms with Gasteiger partial charge in [0.25, 0.3) is 5.56 Å². The van der Waals surface area contributed by atoms with E-state index >= 15 is 0 Å². The van der Waals surface area contributed by atoms with E-state index in [0.29, 0.717) is 17.6 Å². The molecule has 2 aromatic heterocycles. The van der Waals surface area contributed by atoms with Crippen LogP contribution in [0.15, 0.2) is 22.6 Å². The molecule has 0 unspecified atom stereocenters. The highest BCUT2D eigenvalue weighted by Crippen LogP contribution is 2.36. The van der Waals surface area contributed by atoms with Crippen LogP contribution in [0.2, 0.25) is 0 Å². The molecule has 0 radical (unpaired) electrons. The molecule has 0 fully saturated rings. The van der Waals surface area contributed by atoms with Gasteiger partial charge in [-0.3, -0.25) is 14.2 Å². The van der Waals surface area contributed by atoms with Gasteiger partial charge in [0.15, 0.2) is 5.16 Å². The van der Waals surface area contributed by atoms with Crippen molar-refractivity contribution in [3.63, 3.8) is 0 Å². The van der Waals surface area contributed by atoms with Crippen molar-refractivity contribution in [2.45, 2.75) is 37.9 Å². The van der Waals surface area contributed by atoms with Crippen LogP contribution in [0.1, 0.15) is 23.8 Å². The van der Waals surface area contributed by atoms with E-state index in [1.807, 2.05) is 0 Å². The zero-order valence-corrected chi connectivity index (χ0v) is 16.3. The van der Waals surface area contributed by atoms with E-state index in [1.165, 1.54) is 22.2 Å². The van der Waals surface area contributed by atoms with Crippen molar-refractivity contribution in [2.75, 3.05) is 12.3 Å². The Hall–Kier alpha value is -2.04. The average molecular weight is 388 g/mol. The van der Waals surface area contributed by atoms with E-state index in [-0.39, 0.29) is 23.8 Å². The number of aryl methyl sites for hydroxylation is 1. The maximum Gasteiger partial charge on any atom is 0.263 e. The number of hydrogen-bond donors (Lipinski definition) is 1. The molecule has 5 nitrogen and oxygen atoms in total. The van der Waals surface area contributed by atoms with Crippen LogP contribution in [0.4, 0.5) is 0 Å². The van der Waals surface area contributed by atoms with Crippen molar-refractivity contribution in [3.8, 4) is 12.3 Å². The molecule has 1 N–H and O–H groups in total. The molecule has 1 atom stereocenters. The number of carbonyl (C=O) groups is 1. The molecule has 0 saturated heterocycles. The Balaban J connectivity index is 1.99. The molecule has 7 heteroatoms. The van der Waals surface area contributed by atoms with Crippen molar-refractivity contribution in [3.05, 3.63) is 33.4 Å². The number of nitrogens with zero attached hydrogens (tertiary/aromatic N) is 2. The number of allylic oxidation sites excluding steroid dienone is 1. The van der Waals surface area contributed by atoms with E-state index < -0.39 is 0 Å². The first kappa shape index (κ1) is 18.7. The topological polar surface area (TPSA) is 64.0 Å². The third-order valence-corrected chi connectivity index (χ3v) is 6.54. The molecule has 1 amide bonds. The number of thioether (sulfide) groups is 1. The van der Waals surface area contributed by atoms with Crippen LogP contribution in [0, 0.1) is 18.3 Å². The maximum atomic E-state index is 13.1. The molecular formula is C19H21N3O2S2. The smallest absolute Gasteiger partial charge is 0.263 e. The first-order chi connectivity index (χ1) is 12.5. The van der Waals surface area contributed by atoms with Gasteiger partial charge in [-0.1, -0.05) is 30.7 Å². The van der Waals surface area contributed by atoms with Crippen LogP contribution in [0.3, 0.4) is 0 Å². The number of amides is 1. The molecule has 0 bridgehead atoms. The van der Waals surface area contributed by atoms with Crippen molar-refractivity contribution >= 4 is 39.2 Å². The molecule has 3 rings (SSSR count). The van der Waals surface area contributed by atoms with Crippen molar-refractivity contribution in [1.29, 1.82) is 0 Å². The largest absolute Gasteiger partial charge is 0.344 e. The number of hydrogen-bond acceptors (Lipinski definition) is 5. The molecule has 2 heterocycles. The third-order valence-electron chi connectivity index (χ3n) is 4.41. The van der Waals surface area contributed by atoms with E-state index in [4.69, 9.17) is 11.4 Å². The summed E-state index contributed by atoms with van der Waals surface area (Å²) in [6.07, 6.45) is 9.87. The van der Waals surface area contributed by atoms with Gasteiger partial charge in [0, 0.05) is 11.4 Å². The van der Waals surface area contributed by atoms with Crippen LogP contribution in [-0.4, -0.2) is 27.8 Å². The summed E-state index contributed by atoms with van der Waals surface area (Å²) in [7, 11) is 0. The minimum Gasteiger partial charge on any atom is -0.344 e. The second-order valence-electron chi connectivity index (χ2n) is 6.40. The molecule has 2 aromatic rings. The minimum atomic E-state index is -0.174. The molecule has 0 aliphatic heterocycles. The van der Waals surface area contributed by atoms with Crippen LogP contribution < -0.4 is 10.9 Å². The van der Waals surface area contributed by atoms with Gasteiger partial charge in [-0.25, -0.2) is 4.98 Å². The Labute approximate surface area is 160 Å². The number of thiophene rings is 1. The van der Waals surface area contributed by atoms with E-state index in [9.17, 15) is 9.59 Å². The predicted octanol–water partition coefficient (Wildman–Crippen LogP) is 2.61. The van der Waals surface area contributed by atoms with Gasteiger partial charge in [0.05, 0.1) is 17.7 Å². The van der Waals surface area contributed by atoms with Gasteiger partial charge in [0.2, 0.25) is 5.91 Å². The predicted molar refractivity (Wildman–Crippen MR) is 108 cm³/mol. The number of fused-ring (bicyclic) bond motifs is 3. The van der Waals surface area contributed by atoms with Gasteiger partial charge in [-0.05, 0) is 30.7 Å². The molecule has 0 saturated carbocycles. The van der Waals surface area contributed by atoms with Gasteiger partial charge < -0.3 is 5.32 Å². The lowest BCUT2D eigenvalue weighted by atomic mass is 9.89. The highest BCUT2D eigenvalue weighted by atomic mass is 32.2. The molecule has 1 aliphatic carbocycles. The molecule has 136 valence electrons. The van der Waals surface area contributed by atoms with Crippen molar-refractivity contribution in [2.24, 2.45) is 5.92 Å². The first-order valence-electron chi connectivity index (χ1n) is 8.54.